The molecule has 1 atom stereocenters. The van der Waals surface area contributed by atoms with Gasteiger partial charge in [-0.15, -0.1) is 0 Å². The van der Waals surface area contributed by atoms with Crippen LogP contribution in [0.3, 0.4) is 0 Å². The number of phenolic OH excluding ortho intramolecular Hbond substituents is 1. The first-order valence-corrected chi connectivity index (χ1v) is 9.28. The third-order valence-electron chi connectivity index (χ3n) is 4.59. The standard InChI is InChI=1S/C20H18ClFN2O4S/c1-10-17(19(26)28-3)18(11-4-7-15(25)16(8-11)27-2)23-20(29)24(10)12-5-6-14(22)13(21)9-12/h4-9,18,25H,1-3H3,(H,23,29)/t18-/m0/s1. The summed E-state index contributed by atoms with van der Waals surface area (Å²) in [6, 6.07) is 8.24. The Morgan fingerprint density at radius 3 is 2.62 bits per heavy atom. The average Bonchev–Trinajstić information content (AvgIpc) is 2.70. The Morgan fingerprint density at radius 1 is 1.28 bits per heavy atom. The van der Waals surface area contributed by atoms with Crippen LogP contribution >= 0.6 is 23.8 Å². The van der Waals surface area contributed by atoms with Gasteiger partial charge in [0.1, 0.15) is 5.82 Å². The Bertz CT molecular complexity index is 1030. The van der Waals surface area contributed by atoms with Gasteiger partial charge in [0, 0.05) is 11.4 Å². The number of halogens is 2. The van der Waals surface area contributed by atoms with Gasteiger partial charge in [-0.3, -0.25) is 4.90 Å². The van der Waals surface area contributed by atoms with Crippen molar-refractivity contribution in [3.8, 4) is 11.5 Å². The molecule has 0 saturated heterocycles. The lowest BCUT2D eigenvalue weighted by Crippen LogP contribution is -2.48. The van der Waals surface area contributed by atoms with E-state index in [4.69, 9.17) is 33.3 Å². The molecular weight excluding hydrogens is 419 g/mol. The Kier molecular flexibility index (Phi) is 5.95. The molecule has 29 heavy (non-hydrogen) atoms. The van der Waals surface area contributed by atoms with Crippen LogP contribution in [0.2, 0.25) is 5.02 Å². The lowest BCUT2D eigenvalue weighted by Gasteiger charge is -2.37. The SMILES string of the molecule is COC(=O)C1=C(C)N(c2ccc(F)c(Cl)c2)C(=S)N[C@H]1c1ccc(O)c(OC)c1. The zero-order chi connectivity index (χ0) is 21.3. The second-order valence-electron chi connectivity index (χ2n) is 6.24. The lowest BCUT2D eigenvalue weighted by molar-refractivity contribution is -0.136. The van der Waals surface area contributed by atoms with Crippen LogP contribution in [-0.2, 0) is 9.53 Å². The van der Waals surface area contributed by atoms with E-state index in [1.54, 1.807) is 24.0 Å². The summed E-state index contributed by atoms with van der Waals surface area (Å²) in [5, 5.41) is 13.2. The number of allylic oxidation sites excluding steroid dienone is 1. The van der Waals surface area contributed by atoms with Gasteiger partial charge in [0.15, 0.2) is 16.6 Å². The maximum absolute atomic E-state index is 13.6. The molecule has 2 aromatic carbocycles. The van der Waals surface area contributed by atoms with E-state index in [1.165, 1.54) is 38.5 Å². The number of aromatic hydroxyl groups is 1. The summed E-state index contributed by atoms with van der Waals surface area (Å²) in [5.41, 5.74) is 1.93. The predicted molar refractivity (Wildman–Crippen MR) is 112 cm³/mol. The number of ether oxygens (including phenoxy) is 2. The molecule has 0 saturated carbocycles. The summed E-state index contributed by atoms with van der Waals surface area (Å²) in [7, 11) is 2.71. The number of hydrogen-bond acceptors (Lipinski definition) is 5. The van der Waals surface area contributed by atoms with E-state index < -0.39 is 17.8 Å². The van der Waals surface area contributed by atoms with Crippen molar-refractivity contribution in [2.45, 2.75) is 13.0 Å². The summed E-state index contributed by atoms with van der Waals surface area (Å²) in [5.74, 6) is -0.898. The van der Waals surface area contributed by atoms with Crippen LogP contribution in [0.5, 0.6) is 11.5 Å². The number of hydrogen-bond donors (Lipinski definition) is 2. The summed E-state index contributed by atoms with van der Waals surface area (Å²) in [4.78, 5) is 14.2. The first-order chi connectivity index (χ1) is 13.8. The number of anilines is 1. The molecule has 0 aliphatic carbocycles. The number of nitrogens with zero attached hydrogens (tertiary/aromatic N) is 1. The second-order valence-corrected chi connectivity index (χ2v) is 7.03. The van der Waals surface area contributed by atoms with E-state index in [1.807, 2.05) is 0 Å². The molecule has 9 heteroatoms. The molecule has 6 nitrogen and oxygen atoms in total. The second kappa shape index (κ2) is 8.26. The van der Waals surface area contributed by atoms with Crippen LogP contribution in [0.4, 0.5) is 10.1 Å². The zero-order valence-corrected chi connectivity index (χ0v) is 17.4. The molecule has 1 heterocycles. The summed E-state index contributed by atoms with van der Waals surface area (Å²) in [6.45, 7) is 1.71. The maximum Gasteiger partial charge on any atom is 0.337 e. The number of benzene rings is 2. The van der Waals surface area contributed by atoms with E-state index in [0.29, 0.717) is 22.5 Å². The van der Waals surface area contributed by atoms with Gasteiger partial charge in [-0.05, 0) is 55.0 Å². The Hall–Kier alpha value is -2.84. The number of thiocarbonyl (C=S) groups is 1. The van der Waals surface area contributed by atoms with E-state index >= 15 is 0 Å². The number of esters is 1. The molecule has 2 aromatic rings. The summed E-state index contributed by atoms with van der Waals surface area (Å²) in [6.07, 6.45) is 0. The molecule has 0 unspecified atom stereocenters. The molecule has 1 aliphatic heterocycles. The fourth-order valence-corrected chi connectivity index (χ4v) is 3.71. The van der Waals surface area contributed by atoms with Crippen molar-refractivity contribution in [3.63, 3.8) is 0 Å². The van der Waals surface area contributed by atoms with Crippen LogP contribution in [0.1, 0.15) is 18.5 Å². The number of rotatable bonds is 4. The highest BCUT2D eigenvalue weighted by Gasteiger charge is 2.35. The summed E-state index contributed by atoms with van der Waals surface area (Å²) >= 11 is 11.4. The van der Waals surface area contributed by atoms with Crippen molar-refractivity contribution < 1.29 is 23.8 Å². The van der Waals surface area contributed by atoms with Crippen molar-refractivity contribution in [1.29, 1.82) is 0 Å². The number of phenols is 1. The smallest absolute Gasteiger partial charge is 0.337 e. The Morgan fingerprint density at radius 2 is 2.00 bits per heavy atom. The normalized spacial score (nSPS) is 16.5. The monoisotopic (exact) mass is 436 g/mol. The molecule has 0 fully saturated rings. The zero-order valence-electron chi connectivity index (χ0n) is 15.8. The summed E-state index contributed by atoms with van der Waals surface area (Å²) < 4.78 is 23.7. The number of carbonyl (C=O) groups excluding carboxylic acids is 1. The third-order valence-corrected chi connectivity index (χ3v) is 5.18. The van der Waals surface area contributed by atoms with Gasteiger partial charge >= 0.3 is 5.97 Å². The van der Waals surface area contributed by atoms with Gasteiger partial charge in [-0.1, -0.05) is 17.7 Å². The van der Waals surface area contributed by atoms with Crippen molar-refractivity contribution in [3.05, 3.63) is 64.1 Å². The predicted octanol–water partition coefficient (Wildman–Crippen LogP) is 4.08. The third kappa shape index (κ3) is 3.86. The van der Waals surface area contributed by atoms with E-state index in [0.717, 1.165) is 0 Å². The minimum absolute atomic E-state index is 0.0301. The molecule has 0 spiro atoms. The molecular formula is C20H18ClFN2O4S. The largest absolute Gasteiger partial charge is 0.504 e. The van der Waals surface area contributed by atoms with Gasteiger partial charge in [-0.2, -0.15) is 0 Å². The van der Waals surface area contributed by atoms with Crippen LogP contribution in [0.25, 0.3) is 0 Å². The molecule has 2 N–H and O–H groups in total. The van der Waals surface area contributed by atoms with Gasteiger partial charge in [-0.25, -0.2) is 9.18 Å². The average molecular weight is 437 g/mol. The molecule has 152 valence electrons. The van der Waals surface area contributed by atoms with E-state index in [9.17, 15) is 14.3 Å². The van der Waals surface area contributed by atoms with E-state index in [2.05, 4.69) is 5.32 Å². The molecule has 1 aliphatic rings. The quantitative estimate of drug-likeness (QED) is 0.552. The first-order valence-electron chi connectivity index (χ1n) is 8.50. The molecule has 0 radical (unpaired) electrons. The van der Waals surface area contributed by atoms with Crippen LogP contribution < -0.4 is 15.0 Å². The minimum Gasteiger partial charge on any atom is -0.504 e. The van der Waals surface area contributed by atoms with Crippen LogP contribution in [0, 0.1) is 5.82 Å². The van der Waals surface area contributed by atoms with Gasteiger partial charge < -0.3 is 19.9 Å². The highest BCUT2D eigenvalue weighted by atomic mass is 35.5. The molecule has 0 aromatic heterocycles. The molecule has 0 bridgehead atoms. The minimum atomic E-state index is -0.642. The van der Waals surface area contributed by atoms with Gasteiger partial charge in [0.25, 0.3) is 0 Å². The molecule has 0 amide bonds. The van der Waals surface area contributed by atoms with Crippen molar-refractivity contribution in [2.24, 2.45) is 0 Å². The topological polar surface area (TPSA) is 71.0 Å². The number of nitrogens with one attached hydrogen (secondary N) is 1. The number of carbonyl (C=O) groups is 1. The van der Waals surface area contributed by atoms with Crippen LogP contribution in [0.15, 0.2) is 47.7 Å². The Balaban J connectivity index is 2.15. The van der Waals surface area contributed by atoms with Gasteiger partial charge in [0.2, 0.25) is 0 Å². The molecule has 3 rings (SSSR count). The van der Waals surface area contributed by atoms with Crippen LogP contribution in [-0.4, -0.2) is 30.4 Å². The van der Waals surface area contributed by atoms with Crippen molar-refractivity contribution in [2.75, 3.05) is 19.1 Å². The fourth-order valence-electron chi connectivity index (χ4n) is 3.18. The van der Waals surface area contributed by atoms with Gasteiger partial charge in [0.05, 0.1) is 30.9 Å². The first kappa shape index (κ1) is 20.9. The highest BCUT2D eigenvalue weighted by Crippen LogP contribution is 2.37. The Labute approximate surface area is 177 Å². The highest BCUT2D eigenvalue weighted by molar-refractivity contribution is 7.80. The van der Waals surface area contributed by atoms with Crippen molar-refractivity contribution >= 4 is 40.6 Å². The number of methoxy groups -OCH3 is 2. The lowest BCUT2D eigenvalue weighted by atomic mass is 9.94. The van der Waals surface area contributed by atoms with E-state index in [-0.39, 0.29) is 21.6 Å². The fraction of sp³-hybridized carbons (Fsp3) is 0.200. The van der Waals surface area contributed by atoms with Crippen molar-refractivity contribution in [1.82, 2.24) is 5.32 Å². The maximum atomic E-state index is 13.6.